The highest BCUT2D eigenvalue weighted by Gasteiger charge is 2.14. The summed E-state index contributed by atoms with van der Waals surface area (Å²) in [5, 5.41) is 7.76. The molecule has 0 radical (unpaired) electrons. The highest BCUT2D eigenvalue weighted by Crippen LogP contribution is 2.27. The summed E-state index contributed by atoms with van der Waals surface area (Å²) in [7, 11) is 1.58. The van der Waals surface area contributed by atoms with E-state index in [1.165, 1.54) is 0 Å². The first-order valence-corrected chi connectivity index (χ1v) is 9.92. The van der Waals surface area contributed by atoms with Crippen molar-refractivity contribution >= 4 is 23.3 Å². The molecule has 0 aliphatic rings. The molecule has 1 N–H and O–H groups in total. The van der Waals surface area contributed by atoms with E-state index in [2.05, 4.69) is 10.4 Å². The minimum absolute atomic E-state index is 0.169. The zero-order chi connectivity index (χ0) is 21.6. The van der Waals surface area contributed by atoms with E-state index in [-0.39, 0.29) is 12.4 Å². The van der Waals surface area contributed by atoms with Crippen molar-refractivity contribution in [1.29, 1.82) is 0 Å². The van der Waals surface area contributed by atoms with Gasteiger partial charge in [0.1, 0.15) is 12.4 Å². The number of nitrogens with zero attached hydrogens (tertiary/aromatic N) is 2. The van der Waals surface area contributed by atoms with E-state index in [1.54, 1.807) is 42.3 Å². The Balaban J connectivity index is 1.34. The van der Waals surface area contributed by atoms with Gasteiger partial charge in [-0.1, -0.05) is 35.9 Å². The zero-order valence-electron chi connectivity index (χ0n) is 16.7. The highest BCUT2D eigenvalue weighted by molar-refractivity contribution is 6.30. The van der Waals surface area contributed by atoms with Crippen LogP contribution in [0.5, 0.6) is 11.5 Å². The first-order valence-electron chi connectivity index (χ1n) is 9.54. The molecule has 0 fully saturated rings. The Kier molecular flexibility index (Phi) is 6.24. The molecule has 0 bridgehead atoms. The summed E-state index contributed by atoms with van der Waals surface area (Å²) in [5.41, 5.74) is 1.01. The molecule has 0 spiro atoms. The topological polar surface area (TPSA) is 78.5 Å². The van der Waals surface area contributed by atoms with Crippen LogP contribution in [-0.4, -0.2) is 22.8 Å². The second-order valence-electron chi connectivity index (χ2n) is 6.69. The number of hydrogen-bond donors (Lipinski definition) is 1. The Bertz CT molecular complexity index is 1180. The average Bonchev–Trinajstić information content (AvgIpc) is 3.42. The van der Waals surface area contributed by atoms with Crippen LogP contribution < -0.4 is 14.8 Å². The molecular formula is C23H20ClN3O4. The number of benzene rings is 2. The predicted molar refractivity (Wildman–Crippen MR) is 117 cm³/mol. The van der Waals surface area contributed by atoms with Gasteiger partial charge in [0.05, 0.1) is 13.7 Å². The first-order chi connectivity index (χ1) is 15.1. The normalized spacial score (nSPS) is 10.6. The summed E-state index contributed by atoms with van der Waals surface area (Å²) >= 11 is 6.02. The van der Waals surface area contributed by atoms with Crippen LogP contribution >= 0.6 is 11.6 Å². The standard InChI is InChI=1S/C23H20ClN3O4/c1-29-19-7-2-3-8-20(19)30-15-18-9-10-21(31-18)23(28)25-22-11-12-27(26-22)14-16-5-4-6-17(24)13-16/h2-13H,14-15H2,1H3,(H,25,26,28). The lowest BCUT2D eigenvalue weighted by Crippen LogP contribution is -2.12. The molecule has 8 heteroatoms. The van der Waals surface area contributed by atoms with Crippen LogP contribution in [0.15, 0.2) is 77.3 Å². The van der Waals surface area contributed by atoms with Crippen LogP contribution in [0, 0.1) is 0 Å². The molecule has 0 unspecified atom stereocenters. The summed E-state index contributed by atoms with van der Waals surface area (Å²) in [5.74, 6) is 1.94. The SMILES string of the molecule is COc1ccccc1OCc1ccc(C(=O)Nc2ccn(Cc3cccc(Cl)c3)n2)o1. The monoisotopic (exact) mass is 437 g/mol. The lowest BCUT2D eigenvalue weighted by atomic mass is 10.2. The van der Waals surface area contributed by atoms with E-state index < -0.39 is 5.91 Å². The molecular weight excluding hydrogens is 418 g/mol. The number of rotatable bonds is 8. The minimum Gasteiger partial charge on any atom is -0.493 e. The van der Waals surface area contributed by atoms with Gasteiger partial charge in [-0.3, -0.25) is 9.48 Å². The predicted octanol–water partition coefficient (Wildman–Crippen LogP) is 5.02. The molecule has 2 heterocycles. The number of para-hydroxylation sites is 2. The van der Waals surface area contributed by atoms with Crippen molar-refractivity contribution in [2.75, 3.05) is 12.4 Å². The summed E-state index contributed by atoms with van der Waals surface area (Å²) in [6.07, 6.45) is 1.78. The highest BCUT2D eigenvalue weighted by atomic mass is 35.5. The third-order valence-electron chi connectivity index (χ3n) is 4.44. The van der Waals surface area contributed by atoms with Crippen molar-refractivity contribution in [3.63, 3.8) is 0 Å². The van der Waals surface area contributed by atoms with Gasteiger partial charge in [0.2, 0.25) is 0 Å². The van der Waals surface area contributed by atoms with Gasteiger partial charge in [0.15, 0.2) is 23.1 Å². The maximum atomic E-state index is 12.5. The maximum Gasteiger partial charge on any atom is 0.292 e. The number of hydrogen-bond acceptors (Lipinski definition) is 5. The number of carbonyl (C=O) groups excluding carboxylic acids is 1. The van der Waals surface area contributed by atoms with Crippen LogP contribution in [-0.2, 0) is 13.2 Å². The minimum atomic E-state index is -0.392. The van der Waals surface area contributed by atoms with Crippen molar-refractivity contribution < 1.29 is 18.7 Å². The molecule has 7 nitrogen and oxygen atoms in total. The summed E-state index contributed by atoms with van der Waals surface area (Å²) < 4.78 is 18.3. The van der Waals surface area contributed by atoms with Crippen LogP contribution in [0.25, 0.3) is 0 Å². The van der Waals surface area contributed by atoms with Gasteiger partial charge in [0.25, 0.3) is 5.91 Å². The van der Waals surface area contributed by atoms with Gasteiger partial charge in [-0.25, -0.2) is 0 Å². The number of furan rings is 1. The third-order valence-corrected chi connectivity index (χ3v) is 4.68. The molecule has 4 aromatic rings. The molecule has 4 rings (SSSR count). The molecule has 0 aliphatic heterocycles. The number of aromatic nitrogens is 2. The molecule has 0 saturated heterocycles. The lowest BCUT2D eigenvalue weighted by molar-refractivity contribution is 0.0992. The Morgan fingerprint density at radius 3 is 2.74 bits per heavy atom. The fraction of sp³-hybridized carbons (Fsp3) is 0.130. The molecule has 0 atom stereocenters. The van der Waals surface area contributed by atoms with Gasteiger partial charge in [-0.15, -0.1) is 0 Å². The zero-order valence-corrected chi connectivity index (χ0v) is 17.5. The summed E-state index contributed by atoms with van der Waals surface area (Å²) in [6.45, 7) is 0.712. The molecule has 2 aromatic heterocycles. The molecule has 0 aliphatic carbocycles. The van der Waals surface area contributed by atoms with E-state index in [4.69, 9.17) is 25.5 Å². The second-order valence-corrected chi connectivity index (χ2v) is 7.12. The maximum absolute atomic E-state index is 12.5. The van der Waals surface area contributed by atoms with Crippen LogP contribution in [0.4, 0.5) is 5.82 Å². The van der Waals surface area contributed by atoms with Crippen molar-refractivity contribution in [1.82, 2.24) is 9.78 Å². The molecule has 0 saturated carbocycles. The van der Waals surface area contributed by atoms with E-state index in [9.17, 15) is 4.79 Å². The number of ether oxygens (including phenoxy) is 2. The van der Waals surface area contributed by atoms with Gasteiger partial charge in [-0.2, -0.15) is 5.10 Å². The van der Waals surface area contributed by atoms with E-state index in [0.717, 1.165) is 5.56 Å². The van der Waals surface area contributed by atoms with Crippen molar-refractivity contribution in [2.24, 2.45) is 0 Å². The van der Waals surface area contributed by atoms with Crippen molar-refractivity contribution in [3.8, 4) is 11.5 Å². The Hall–Kier alpha value is -3.71. The third kappa shape index (κ3) is 5.26. The van der Waals surface area contributed by atoms with Gasteiger partial charge >= 0.3 is 0 Å². The van der Waals surface area contributed by atoms with Crippen LogP contribution in [0.1, 0.15) is 21.9 Å². The quantitative estimate of drug-likeness (QED) is 0.419. The number of nitrogens with one attached hydrogen (secondary N) is 1. The van der Waals surface area contributed by atoms with Crippen molar-refractivity contribution in [3.05, 3.63) is 95.0 Å². The number of methoxy groups -OCH3 is 1. The Morgan fingerprint density at radius 2 is 1.94 bits per heavy atom. The number of amides is 1. The van der Waals surface area contributed by atoms with Crippen LogP contribution in [0.2, 0.25) is 5.02 Å². The fourth-order valence-electron chi connectivity index (χ4n) is 2.98. The Morgan fingerprint density at radius 1 is 1.10 bits per heavy atom. The molecule has 158 valence electrons. The van der Waals surface area contributed by atoms with E-state index >= 15 is 0 Å². The van der Waals surface area contributed by atoms with Crippen molar-refractivity contribution in [2.45, 2.75) is 13.2 Å². The largest absolute Gasteiger partial charge is 0.493 e. The van der Waals surface area contributed by atoms with E-state index in [1.807, 2.05) is 42.5 Å². The smallest absolute Gasteiger partial charge is 0.292 e. The van der Waals surface area contributed by atoms with Crippen LogP contribution in [0.3, 0.4) is 0 Å². The summed E-state index contributed by atoms with van der Waals surface area (Å²) in [4.78, 5) is 12.5. The first kappa shape index (κ1) is 20.6. The number of anilines is 1. The van der Waals surface area contributed by atoms with E-state index in [0.29, 0.717) is 34.6 Å². The van der Waals surface area contributed by atoms with Gasteiger partial charge < -0.3 is 19.2 Å². The van der Waals surface area contributed by atoms with Gasteiger partial charge in [-0.05, 0) is 42.0 Å². The number of halogens is 1. The molecule has 2 aromatic carbocycles. The average molecular weight is 438 g/mol. The molecule has 31 heavy (non-hydrogen) atoms. The lowest BCUT2D eigenvalue weighted by Gasteiger charge is -2.08. The number of carbonyl (C=O) groups is 1. The summed E-state index contributed by atoms with van der Waals surface area (Å²) in [6, 6.07) is 19.9. The molecule has 1 amide bonds. The second kappa shape index (κ2) is 9.40. The fourth-order valence-corrected chi connectivity index (χ4v) is 3.19. The Labute approximate surface area is 184 Å². The van der Waals surface area contributed by atoms with Gasteiger partial charge in [0, 0.05) is 17.3 Å².